The number of ether oxygens (including phenoxy) is 3. The van der Waals surface area contributed by atoms with Gasteiger partial charge in [-0.05, 0) is 37.6 Å². The van der Waals surface area contributed by atoms with Crippen LogP contribution in [-0.4, -0.2) is 49.5 Å². The molecule has 0 amide bonds. The molecule has 1 aliphatic rings. The van der Waals surface area contributed by atoms with Crippen LogP contribution in [0.25, 0.3) is 0 Å². The lowest BCUT2D eigenvalue weighted by atomic mass is 10.1. The van der Waals surface area contributed by atoms with Crippen molar-refractivity contribution in [3.05, 3.63) is 71.8 Å². The van der Waals surface area contributed by atoms with Crippen molar-refractivity contribution >= 4 is 0 Å². The summed E-state index contributed by atoms with van der Waals surface area (Å²) < 4.78 is 20.0. The van der Waals surface area contributed by atoms with Crippen molar-refractivity contribution < 1.29 is 14.2 Å². The standard InChI is InChI=1S/C35H55NO3/c1-4-6-8-10-12-20-26-37-35-33(39-29-31-23-17-14-18-24-31)27-32(38-28-30-21-15-13-16-22-30)34(35)36(3)25-19-11-9-7-5-2/h13-18,21-24,32-35H,4-12,19-20,25-29H2,1-3H3/t32-,33+,34+,35+/m1/s1. The lowest BCUT2D eigenvalue weighted by Gasteiger charge is -2.34. The van der Waals surface area contributed by atoms with E-state index in [-0.39, 0.29) is 24.4 Å². The van der Waals surface area contributed by atoms with Gasteiger partial charge in [0, 0.05) is 13.0 Å². The molecule has 1 fully saturated rings. The van der Waals surface area contributed by atoms with E-state index in [4.69, 9.17) is 14.2 Å². The molecule has 0 aromatic heterocycles. The van der Waals surface area contributed by atoms with Gasteiger partial charge in [-0.25, -0.2) is 0 Å². The Morgan fingerprint density at radius 2 is 1.13 bits per heavy atom. The Morgan fingerprint density at radius 3 is 1.72 bits per heavy atom. The number of likely N-dealkylation sites (N-methyl/N-ethyl adjacent to an activating group) is 1. The normalized spacial score (nSPS) is 21.1. The Bertz CT molecular complexity index is 845. The van der Waals surface area contributed by atoms with E-state index in [0.717, 1.165) is 26.0 Å². The van der Waals surface area contributed by atoms with Crippen LogP contribution >= 0.6 is 0 Å². The van der Waals surface area contributed by atoms with Crippen molar-refractivity contribution in [2.75, 3.05) is 20.2 Å². The minimum Gasteiger partial charge on any atom is -0.374 e. The first-order chi connectivity index (χ1) is 19.2. The maximum absolute atomic E-state index is 6.72. The van der Waals surface area contributed by atoms with Gasteiger partial charge in [0.15, 0.2) is 0 Å². The second-order valence-corrected chi connectivity index (χ2v) is 11.4. The Kier molecular flexibility index (Phi) is 15.8. The molecule has 1 saturated carbocycles. The first-order valence-corrected chi connectivity index (χ1v) is 15.9. The predicted octanol–water partition coefficient (Wildman–Crippen LogP) is 8.58. The molecule has 0 N–H and O–H groups in total. The molecule has 2 aromatic carbocycles. The van der Waals surface area contributed by atoms with Gasteiger partial charge in [-0.2, -0.15) is 0 Å². The zero-order valence-electron chi connectivity index (χ0n) is 25.1. The molecule has 4 nitrogen and oxygen atoms in total. The summed E-state index contributed by atoms with van der Waals surface area (Å²) in [6.45, 7) is 7.66. The van der Waals surface area contributed by atoms with E-state index < -0.39 is 0 Å². The summed E-state index contributed by atoms with van der Waals surface area (Å²) in [5, 5.41) is 0. The Balaban J connectivity index is 1.67. The molecule has 0 bridgehead atoms. The van der Waals surface area contributed by atoms with Gasteiger partial charge in [-0.15, -0.1) is 0 Å². The minimum absolute atomic E-state index is 0.0192. The summed E-state index contributed by atoms with van der Waals surface area (Å²) in [6.07, 6.45) is 15.1. The molecular weight excluding hydrogens is 482 g/mol. The van der Waals surface area contributed by atoms with Crippen LogP contribution in [0.15, 0.2) is 60.7 Å². The highest BCUT2D eigenvalue weighted by atomic mass is 16.6. The summed E-state index contributed by atoms with van der Waals surface area (Å²) in [4.78, 5) is 2.51. The van der Waals surface area contributed by atoms with Gasteiger partial charge < -0.3 is 14.2 Å². The highest BCUT2D eigenvalue weighted by Crippen LogP contribution is 2.33. The summed E-state index contributed by atoms with van der Waals surface area (Å²) in [5.74, 6) is 0. The van der Waals surface area contributed by atoms with E-state index in [1.807, 2.05) is 0 Å². The highest BCUT2D eigenvalue weighted by Gasteiger charge is 2.47. The van der Waals surface area contributed by atoms with E-state index in [2.05, 4.69) is 86.5 Å². The topological polar surface area (TPSA) is 30.9 Å². The average molecular weight is 538 g/mol. The van der Waals surface area contributed by atoms with E-state index in [9.17, 15) is 0 Å². The first-order valence-electron chi connectivity index (χ1n) is 15.9. The van der Waals surface area contributed by atoms with Crippen molar-refractivity contribution in [2.45, 2.75) is 128 Å². The Labute approximate surface area is 239 Å². The van der Waals surface area contributed by atoms with Gasteiger partial charge >= 0.3 is 0 Å². The molecule has 39 heavy (non-hydrogen) atoms. The summed E-state index contributed by atoms with van der Waals surface area (Å²) >= 11 is 0. The molecule has 0 spiro atoms. The molecule has 0 unspecified atom stereocenters. The van der Waals surface area contributed by atoms with E-state index in [0.29, 0.717) is 13.2 Å². The molecule has 0 saturated heterocycles. The van der Waals surface area contributed by atoms with Gasteiger partial charge in [0.1, 0.15) is 6.10 Å². The fourth-order valence-electron chi connectivity index (χ4n) is 5.77. The average Bonchev–Trinajstić information content (AvgIpc) is 3.32. The lowest BCUT2D eigenvalue weighted by Crippen LogP contribution is -2.48. The maximum atomic E-state index is 6.72. The summed E-state index contributed by atoms with van der Waals surface area (Å²) in [7, 11) is 2.27. The Morgan fingerprint density at radius 1 is 0.615 bits per heavy atom. The maximum Gasteiger partial charge on any atom is 0.102 e. The molecule has 0 aliphatic heterocycles. The van der Waals surface area contributed by atoms with Crippen LogP contribution in [-0.2, 0) is 27.4 Å². The van der Waals surface area contributed by atoms with Crippen molar-refractivity contribution in [3.63, 3.8) is 0 Å². The summed E-state index contributed by atoms with van der Waals surface area (Å²) in [5.41, 5.74) is 2.43. The fraction of sp³-hybridized carbons (Fsp3) is 0.657. The van der Waals surface area contributed by atoms with Gasteiger partial charge in [0.2, 0.25) is 0 Å². The van der Waals surface area contributed by atoms with E-state index >= 15 is 0 Å². The molecule has 4 heteroatoms. The van der Waals surface area contributed by atoms with Gasteiger partial charge in [0.05, 0.1) is 31.5 Å². The molecule has 3 rings (SSSR count). The zero-order chi connectivity index (χ0) is 27.5. The number of unbranched alkanes of at least 4 members (excludes halogenated alkanes) is 9. The number of nitrogens with zero attached hydrogens (tertiary/aromatic N) is 1. The predicted molar refractivity (Wildman–Crippen MR) is 163 cm³/mol. The quantitative estimate of drug-likeness (QED) is 0.149. The number of hydrogen-bond acceptors (Lipinski definition) is 4. The van der Waals surface area contributed by atoms with Crippen LogP contribution in [0.4, 0.5) is 0 Å². The monoisotopic (exact) mass is 537 g/mol. The number of benzene rings is 2. The van der Waals surface area contributed by atoms with Crippen LogP contribution in [0.3, 0.4) is 0 Å². The third kappa shape index (κ3) is 11.7. The summed E-state index contributed by atoms with van der Waals surface area (Å²) in [6, 6.07) is 21.3. The van der Waals surface area contributed by atoms with Crippen molar-refractivity contribution in [1.82, 2.24) is 4.90 Å². The van der Waals surface area contributed by atoms with Crippen LogP contribution in [0, 0.1) is 0 Å². The molecule has 218 valence electrons. The molecular formula is C35H55NO3. The largest absolute Gasteiger partial charge is 0.374 e. The number of hydrogen-bond donors (Lipinski definition) is 0. The molecule has 0 radical (unpaired) electrons. The first kappa shape index (κ1) is 31.8. The van der Waals surface area contributed by atoms with E-state index in [1.54, 1.807) is 0 Å². The van der Waals surface area contributed by atoms with Crippen molar-refractivity contribution in [1.29, 1.82) is 0 Å². The zero-order valence-corrected chi connectivity index (χ0v) is 25.1. The van der Waals surface area contributed by atoms with Crippen molar-refractivity contribution in [2.24, 2.45) is 0 Å². The SMILES string of the molecule is CCCCCCCCO[C@@H]1[C@@H](N(C)CCCCCCC)[C@H](OCc2ccccc2)C[C@@H]1OCc1ccccc1. The molecule has 0 heterocycles. The number of rotatable bonds is 21. The van der Waals surface area contributed by atoms with E-state index in [1.165, 1.54) is 75.3 Å². The third-order valence-corrected chi connectivity index (χ3v) is 8.09. The third-order valence-electron chi connectivity index (χ3n) is 8.09. The van der Waals surface area contributed by atoms with Gasteiger partial charge in [-0.1, -0.05) is 132 Å². The second kappa shape index (κ2) is 19.4. The minimum atomic E-state index is 0.0192. The highest BCUT2D eigenvalue weighted by molar-refractivity contribution is 5.15. The van der Waals surface area contributed by atoms with Crippen LogP contribution in [0.1, 0.15) is 102 Å². The molecule has 1 aliphatic carbocycles. The second-order valence-electron chi connectivity index (χ2n) is 11.4. The van der Waals surface area contributed by atoms with Crippen molar-refractivity contribution in [3.8, 4) is 0 Å². The van der Waals surface area contributed by atoms with Crippen LogP contribution < -0.4 is 0 Å². The molecule has 4 atom stereocenters. The Hall–Kier alpha value is -1.72. The van der Waals surface area contributed by atoms with Crippen LogP contribution in [0.5, 0.6) is 0 Å². The molecule has 2 aromatic rings. The van der Waals surface area contributed by atoms with Gasteiger partial charge in [-0.3, -0.25) is 4.90 Å². The van der Waals surface area contributed by atoms with Crippen LogP contribution in [0.2, 0.25) is 0 Å². The lowest BCUT2D eigenvalue weighted by molar-refractivity contribution is -0.0898. The fourth-order valence-corrected chi connectivity index (χ4v) is 5.77. The van der Waals surface area contributed by atoms with Gasteiger partial charge in [0.25, 0.3) is 0 Å². The smallest absolute Gasteiger partial charge is 0.102 e.